The fourth-order valence-corrected chi connectivity index (χ4v) is 25.7. The zero-order valence-electron chi connectivity index (χ0n) is 74.0. The Morgan fingerprint density at radius 1 is 0.111 bits per heavy atom. The third-order valence-corrected chi connectivity index (χ3v) is 30.8. The van der Waals surface area contributed by atoms with Crippen molar-refractivity contribution in [1.29, 1.82) is 0 Å². The molecule has 0 N–H and O–H groups in total. The first-order chi connectivity index (χ1) is 67.1. The van der Waals surface area contributed by atoms with Crippen molar-refractivity contribution in [1.82, 2.24) is 0 Å². The van der Waals surface area contributed by atoms with E-state index in [1.165, 1.54) is 247 Å². The maximum absolute atomic E-state index is 2.68. The second-order valence-corrected chi connectivity index (χ2v) is 37.1. The van der Waals surface area contributed by atoms with Crippen molar-refractivity contribution in [2.75, 3.05) is 0 Å². The number of fused-ring (bicyclic) bond motifs is 21. The summed E-state index contributed by atoms with van der Waals surface area (Å²) in [6.45, 7) is 0. The van der Waals surface area contributed by atoms with E-state index in [1.54, 1.807) is 0 Å². The third-order valence-electron chi connectivity index (χ3n) is 30.8. The van der Waals surface area contributed by atoms with Crippen LogP contribution in [-0.4, -0.2) is 0 Å². The molecule has 28 rings (SSSR count). The van der Waals surface area contributed by atoms with Crippen LogP contribution < -0.4 is 0 Å². The Balaban J connectivity index is 0.828. The van der Waals surface area contributed by atoms with Crippen LogP contribution in [-0.2, 0) is 16.2 Å². The predicted molar refractivity (Wildman–Crippen MR) is 569 cm³/mol. The molecule has 135 heavy (non-hydrogen) atoms. The van der Waals surface area contributed by atoms with E-state index in [0.29, 0.717) is 0 Å². The standard InChI is InChI=1S/C135H84/c1-7-46-91(47-8-1)133(92-48-9-2-10-49-92)118-82-88(121-103-61-25-31-67-109(103)124(110-68-32-26-62-104(110)121)100-73-37-43-85-40-19-22-58-97(85)100)76-79-115(118)127-130(133)128-116-80-77-89(122-105-63-27-33-69-111(105)125(112-70-34-28-64-106(112)122)101-74-38-44-86-41-20-23-59-98(86)101)83-119(116)134(93-50-11-3-12-51-93,94-52-13-4-14-53-94)132(128)129-117-81-78-90(84-120(117)135(131(127)129,95-54-15-5-16-55-95)96-56-17-6-18-57-96)123-107-65-29-35-71-113(107)126(114-72-36-30-66-108(114)123)102-75-39-45-87-42-21-24-60-99(87)102/h1-84H. The smallest absolute Gasteiger partial charge is 0.0622 e. The lowest BCUT2D eigenvalue weighted by Gasteiger charge is -2.40. The summed E-state index contributed by atoms with van der Waals surface area (Å²) in [7, 11) is 0. The van der Waals surface area contributed by atoms with Gasteiger partial charge in [-0.15, -0.1) is 0 Å². The second-order valence-electron chi connectivity index (χ2n) is 37.1. The van der Waals surface area contributed by atoms with Gasteiger partial charge in [0.15, 0.2) is 0 Å². The number of rotatable bonds is 12. The monoisotopic (exact) mass is 1700 g/mol. The minimum atomic E-state index is -1.05. The van der Waals surface area contributed by atoms with Crippen molar-refractivity contribution in [2.45, 2.75) is 16.2 Å². The summed E-state index contributed by atoms with van der Waals surface area (Å²) in [6.07, 6.45) is 0. The average Bonchev–Trinajstić information content (AvgIpc) is 1.46. The summed E-state index contributed by atoms with van der Waals surface area (Å²) in [6, 6.07) is 197. The molecule has 25 aromatic carbocycles. The van der Waals surface area contributed by atoms with Gasteiger partial charge in [-0.3, -0.25) is 0 Å². The quantitative estimate of drug-likeness (QED) is 0.107. The van der Waals surface area contributed by atoms with Gasteiger partial charge in [0.2, 0.25) is 0 Å². The van der Waals surface area contributed by atoms with E-state index in [9.17, 15) is 0 Å². The summed E-state index contributed by atoms with van der Waals surface area (Å²) in [5, 5.41) is 21.8. The van der Waals surface area contributed by atoms with Crippen LogP contribution in [0.2, 0.25) is 0 Å². The van der Waals surface area contributed by atoms with Crippen molar-refractivity contribution in [3.05, 3.63) is 576 Å². The third kappa shape index (κ3) is 10.7. The summed E-state index contributed by atoms with van der Waals surface area (Å²) in [4.78, 5) is 0. The minimum absolute atomic E-state index is 1.05. The summed E-state index contributed by atoms with van der Waals surface area (Å²) in [5.41, 5.74) is 33.2. The van der Waals surface area contributed by atoms with Crippen molar-refractivity contribution in [3.8, 4) is 100 Å². The lowest BCUT2D eigenvalue weighted by atomic mass is 9.61. The van der Waals surface area contributed by atoms with Gasteiger partial charge >= 0.3 is 0 Å². The van der Waals surface area contributed by atoms with Gasteiger partial charge < -0.3 is 0 Å². The SMILES string of the molecule is c1ccc(C2(c3ccccc3)c3cc(-c4c5ccccc5c(-c5cccc6ccccc56)c5ccccc45)ccc3-c3c2c2c(c4c3C(c3ccccc3)(c3ccccc3)c3cc(-c5c6ccccc6c(-c6cccc7ccccc67)c6ccccc56)ccc3-4)C(c3ccccc3)(c3ccccc3)c3cc(-c4c5ccccc5c(-c5cccc6ccccc56)c5ccccc45)ccc3-2)cc1. The van der Waals surface area contributed by atoms with Crippen LogP contribution in [0.3, 0.4) is 0 Å². The van der Waals surface area contributed by atoms with Crippen LogP contribution in [0.15, 0.2) is 510 Å². The highest BCUT2D eigenvalue weighted by Crippen LogP contribution is 2.74. The number of benzene rings is 25. The van der Waals surface area contributed by atoms with Crippen molar-refractivity contribution in [3.63, 3.8) is 0 Å². The first-order valence-electron chi connectivity index (χ1n) is 47.4. The normalized spacial score (nSPS) is 13.5. The molecule has 0 nitrogen and oxygen atoms in total. The first kappa shape index (κ1) is 76.7. The molecule has 0 saturated carbocycles. The van der Waals surface area contributed by atoms with Gasteiger partial charge in [-0.25, -0.2) is 0 Å². The minimum Gasteiger partial charge on any atom is -0.0622 e. The highest BCUT2D eigenvalue weighted by Gasteiger charge is 2.61. The molecule has 0 fully saturated rings. The van der Waals surface area contributed by atoms with Gasteiger partial charge in [0.05, 0.1) is 16.2 Å². The largest absolute Gasteiger partial charge is 0.0720 e. The molecule has 25 aromatic rings. The van der Waals surface area contributed by atoms with Crippen LogP contribution in [0.4, 0.5) is 0 Å². The van der Waals surface area contributed by atoms with E-state index < -0.39 is 16.2 Å². The van der Waals surface area contributed by atoms with Crippen molar-refractivity contribution >= 4 is 97.0 Å². The zero-order valence-corrected chi connectivity index (χ0v) is 74.0. The molecule has 3 aliphatic carbocycles. The zero-order chi connectivity index (χ0) is 88.6. The Bertz CT molecular complexity index is 8090. The van der Waals surface area contributed by atoms with Crippen LogP contribution in [0, 0.1) is 0 Å². The van der Waals surface area contributed by atoms with E-state index in [2.05, 4.69) is 510 Å². The van der Waals surface area contributed by atoms with Crippen LogP contribution in [0.1, 0.15) is 66.8 Å². The fraction of sp³-hybridized carbons (Fsp3) is 0.0222. The molecule has 0 unspecified atom stereocenters. The number of hydrogen-bond donors (Lipinski definition) is 0. The maximum atomic E-state index is 2.68. The van der Waals surface area contributed by atoms with Gasteiger partial charge in [0, 0.05) is 0 Å². The van der Waals surface area contributed by atoms with Crippen molar-refractivity contribution in [2.24, 2.45) is 0 Å². The fourth-order valence-electron chi connectivity index (χ4n) is 25.7. The molecular formula is C135H84. The Morgan fingerprint density at radius 3 is 0.489 bits per heavy atom. The van der Waals surface area contributed by atoms with Gasteiger partial charge in [-0.05, 0) is 282 Å². The molecule has 0 bridgehead atoms. The summed E-state index contributed by atoms with van der Waals surface area (Å²) in [5.74, 6) is 0. The Kier molecular flexibility index (Phi) is 17.0. The molecule has 0 amide bonds. The second kappa shape index (κ2) is 29.9. The van der Waals surface area contributed by atoms with E-state index in [-0.39, 0.29) is 0 Å². The lowest BCUT2D eigenvalue weighted by Crippen LogP contribution is -2.33. The van der Waals surface area contributed by atoms with Crippen LogP contribution >= 0.6 is 0 Å². The highest BCUT2D eigenvalue weighted by molar-refractivity contribution is 6.28. The topological polar surface area (TPSA) is 0 Å². The molecule has 3 aliphatic rings. The molecular weight excluding hydrogens is 1620 g/mol. The highest BCUT2D eigenvalue weighted by atomic mass is 14.6. The molecule has 0 heterocycles. The molecule has 0 atom stereocenters. The predicted octanol–water partition coefficient (Wildman–Crippen LogP) is 35.2. The Labute approximate surface area is 784 Å². The van der Waals surface area contributed by atoms with Gasteiger partial charge in [-0.2, -0.15) is 0 Å². The maximum Gasteiger partial charge on any atom is 0.0720 e. The van der Waals surface area contributed by atoms with Crippen molar-refractivity contribution < 1.29 is 0 Å². The molecule has 0 heteroatoms. The molecule has 0 aromatic heterocycles. The van der Waals surface area contributed by atoms with Gasteiger partial charge in [0.1, 0.15) is 0 Å². The summed E-state index contributed by atoms with van der Waals surface area (Å²) < 4.78 is 0. The van der Waals surface area contributed by atoms with E-state index in [4.69, 9.17) is 0 Å². The Hall–Kier alpha value is -17.2. The average molecular weight is 1710 g/mol. The molecule has 624 valence electrons. The van der Waals surface area contributed by atoms with E-state index in [0.717, 1.165) is 16.7 Å². The van der Waals surface area contributed by atoms with Crippen LogP contribution in [0.5, 0.6) is 0 Å². The molecule has 0 saturated heterocycles. The van der Waals surface area contributed by atoms with Gasteiger partial charge in [0.25, 0.3) is 0 Å². The summed E-state index contributed by atoms with van der Waals surface area (Å²) >= 11 is 0. The number of hydrogen-bond acceptors (Lipinski definition) is 0. The van der Waals surface area contributed by atoms with Crippen LogP contribution in [0.25, 0.3) is 197 Å². The molecule has 0 aliphatic heterocycles. The Morgan fingerprint density at radius 2 is 0.281 bits per heavy atom. The lowest BCUT2D eigenvalue weighted by molar-refractivity contribution is 0.741. The van der Waals surface area contributed by atoms with E-state index in [1.807, 2.05) is 0 Å². The first-order valence-corrected chi connectivity index (χ1v) is 47.4. The van der Waals surface area contributed by atoms with E-state index >= 15 is 0 Å². The molecule has 0 radical (unpaired) electrons. The van der Waals surface area contributed by atoms with Gasteiger partial charge in [-0.1, -0.05) is 491 Å². The molecule has 0 spiro atoms.